The molecule has 8 nitrogen and oxygen atoms in total. The molecule has 2 aliphatic rings. The molecule has 0 saturated heterocycles. The lowest BCUT2D eigenvalue weighted by Gasteiger charge is -2.32. The zero-order valence-electron chi connectivity index (χ0n) is 21.3. The number of nitrogens with one attached hydrogen (secondary N) is 1. The van der Waals surface area contributed by atoms with Gasteiger partial charge in [-0.05, 0) is 61.6 Å². The molecule has 0 fully saturated rings. The summed E-state index contributed by atoms with van der Waals surface area (Å²) in [5, 5.41) is 22.7. The lowest BCUT2D eigenvalue weighted by Crippen LogP contribution is -2.43. The van der Waals surface area contributed by atoms with Gasteiger partial charge < -0.3 is 25.0 Å². The highest BCUT2D eigenvalue weighted by molar-refractivity contribution is 5.95. The predicted octanol–water partition coefficient (Wildman–Crippen LogP) is 3.80. The van der Waals surface area contributed by atoms with E-state index < -0.39 is 12.1 Å². The minimum Gasteiger partial charge on any atom is -0.497 e. The standard InChI is InChI=1S/C29H34N2O6/c1-36-26-12-11-23(27(15-26)37-2)17-31(24-13-21-5-3-4-6-22(21)14-24)18-25(32)16-30-28(33)19-7-9-20(10-8-19)29(34)35/h3,5,7-12,15,24-25,32H,4,6,13-14,16-18H2,1-2H3,(H,30,33)(H,34,35). The van der Waals surface area contributed by atoms with Crippen molar-refractivity contribution in [3.8, 4) is 11.5 Å². The number of carboxylic acids is 1. The van der Waals surface area contributed by atoms with Gasteiger partial charge in [0.25, 0.3) is 5.91 Å². The number of nitrogens with zero attached hydrogens (tertiary/aromatic N) is 1. The highest BCUT2D eigenvalue weighted by atomic mass is 16.5. The molecule has 2 aliphatic carbocycles. The minimum atomic E-state index is -1.05. The zero-order valence-corrected chi connectivity index (χ0v) is 21.3. The maximum absolute atomic E-state index is 12.6. The summed E-state index contributed by atoms with van der Waals surface area (Å²) in [5.41, 5.74) is 4.35. The molecule has 2 unspecified atom stereocenters. The summed E-state index contributed by atoms with van der Waals surface area (Å²) in [6.07, 6.45) is 7.72. The second-order valence-corrected chi connectivity index (χ2v) is 9.49. The Hall–Kier alpha value is -3.62. The number of carbonyl (C=O) groups excluding carboxylic acids is 1. The van der Waals surface area contributed by atoms with Gasteiger partial charge >= 0.3 is 5.97 Å². The van der Waals surface area contributed by atoms with Gasteiger partial charge in [-0.3, -0.25) is 9.69 Å². The highest BCUT2D eigenvalue weighted by Crippen LogP contribution is 2.37. The number of amides is 1. The first-order chi connectivity index (χ1) is 17.9. The second-order valence-electron chi connectivity index (χ2n) is 9.49. The largest absolute Gasteiger partial charge is 0.497 e. The van der Waals surface area contributed by atoms with Gasteiger partial charge in [-0.2, -0.15) is 0 Å². The van der Waals surface area contributed by atoms with Gasteiger partial charge in [0.1, 0.15) is 11.5 Å². The first-order valence-electron chi connectivity index (χ1n) is 12.5. The van der Waals surface area contributed by atoms with E-state index in [1.165, 1.54) is 35.4 Å². The van der Waals surface area contributed by atoms with Crippen molar-refractivity contribution >= 4 is 11.9 Å². The van der Waals surface area contributed by atoms with Crippen LogP contribution in [0.2, 0.25) is 0 Å². The monoisotopic (exact) mass is 506 g/mol. The molecule has 0 spiro atoms. The van der Waals surface area contributed by atoms with Crippen LogP contribution in [-0.2, 0) is 6.54 Å². The third-order valence-corrected chi connectivity index (χ3v) is 7.05. The predicted molar refractivity (Wildman–Crippen MR) is 140 cm³/mol. The molecule has 3 N–H and O–H groups in total. The molecular formula is C29H34N2O6. The lowest BCUT2D eigenvalue weighted by atomic mass is 10.0. The molecule has 2 aromatic rings. The summed E-state index contributed by atoms with van der Waals surface area (Å²) in [6.45, 7) is 1.04. The second kappa shape index (κ2) is 12.1. The fraction of sp³-hybridized carbons (Fsp3) is 0.379. The topological polar surface area (TPSA) is 108 Å². The third-order valence-electron chi connectivity index (χ3n) is 7.05. The fourth-order valence-corrected chi connectivity index (χ4v) is 5.03. The molecule has 2 aromatic carbocycles. The quantitative estimate of drug-likeness (QED) is 0.425. The molecule has 0 heterocycles. The summed E-state index contributed by atoms with van der Waals surface area (Å²) < 4.78 is 11.0. The van der Waals surface area contributed by atoms with E-state index in [0.717, 1.165) is 42.7 Å². The molecule has 0 radical (unpaired) electrons. The molecule has 0 saturated carbocycles. The maximum Gasteiger partial charge on any atom is 0.335 e. The van der Waals surface area contributed by atoms with E-state index in [0.29, 0.717) is 18.7 Å². The number of carboxylic acid groups (broad SMARTS) is 1. The van der Waals surface area contributed by atoms with Crippen molar-refractivity contribution in [2.24, 2.45) is 0 Å². The van der Waals surface area contributed by atoms with E-state index >= 15 is 0 Å². The van der Waals surface area contributed by atoms with Crippen LogP contribution in [0.5, 0.6) is 11.5 Å². The van der Waals surface area contributed by atoms with Gasteiger partial charge in [0.2, 0.25) is 0 Å². The van der Waals surface area contributed by atoms with Crippen LogP contribution in [0.1, 0.15) is 52.0 Å². The Morgan fingerprint density at radius 1 is 1.08 bits per heavy atom. The van der Waals surface area contributed by atoms with Gasteiger partial charge in [0.05, 0.1) is 25.9 Å². The number of carbonyl (C=O) groups is 2. The summed E-state index contributed by atoms with van der Waals surface area (Å²) in [6, 6.07) is 11.7. The SMILES string of the molecule is COc1ccc(CN(CC(O)CNC(=O)c2ccc(C(=O)O)cc2)C2CC3=C(CCC=C3)C2)c(OC)c1. The number of rotatable bonds is 11. The number of aliphatic hydroxyl groups is 1. The molecule has 0 aromatic heterocycles. The van der Waals surface area contributed by atoms with Crippen molar-refractivity contribution < 1.29 is 29.3 Å². The number of allylic oxidation sites excluding steroid dienone is 2. The molecule has 37 heavy (non-hydrogen) atoms. The summed E-state index contributed by atoms with van der Waals surface area (Å²) >= 11 is 0. The Balaban J connectivity index is 1.43. The van der Waals surface area contributed by atoms with Gasteiger partial charge in [0.15, 0.2) is 0 Å². The fourth-order valence-electron chi connectivity index (χ4n) is 5.03. The van der Waals surface area contributed by atoms with Crippen molar-refractivity contribution in [1.82, 2.24) is 10.2 Å². The first-order valence-corrected chi connectivity index (χ1v) is 12.5. The highest BCUT2D eigenvalue weighted by Gasteiger charge is 2.30. The van der Waals surface area contributed by atoms with E-state index in [1.54, 1.807) is 14.2 Å². The van der Waals surface area contributed by atoms with E-state index in [9.17, 15) is 14.7 Å². The van der Waals surface area contributed by atoms with Crippen LogP contribution < -0.4 is 14.8 Å². The summed E-state index contributed by atoms with van der Waals surface area (Å²) in [4.78, 5) is 25.9. The Kier molecular flexibility index (Phi) is 8.63. The van der Waals surface area contributed by atoms with Gasteiger partial charge in [0, 0.05) is 42.9 Å². The Morgan fingerprint density at radius 2 is 1.84 bits per heavy atom. The number of benzene rings is 2. The maximum atomic E-state index is 12.6. The number of methoxy groups -OCH3 is 2. The van der Waals surface area contributed by atoms with Crippen molar-refractivity contribution in [2.45, 2.75) is 44.4 Å². The number of ether oxygens (including phenoxy) is 2. The number of hydrogen-bond donors (Lipinski definition) is 3. The van der Waals surface area contributed by atoms with Gasteiger partial charge in [-0.15, -0.1) is 0 Å². The number of aliphatic hydroxyl groups excluding tert-OH is 1. The lowest BCUT2D eigenvalue weighted by molar-refractivity contribution is 0.0696. The van der Waals surface area contributed by atoms with E-state index in [2.05, 4.69) is 22.4 Å². The van der Waals surface area contributed by atoms with Crippen molar-refractivity contribution in [1.29, 1.82) is 0 Å². The molecule has 2 atom stereocenters. The molecule has 8 heteroatoms. The molecule has 0 aliphatic heterocycles. The molecule has 0 bridgehead atoms. The average molecular weight is 507 g/mol. The van der Waals surface area contributed by atoms with Crippen LogP contribution in [-0.4, -0.2) is 66.4 Å². The summed E-state index contributed by atoms with van der Waals surface area (Å²) in [5.74, 6) is 0.0408. The van der Waals surface area contributed by atoms with E-state index in [4.69, 9.17) is 14.6 Å². The van der Waals surface area contributed by atoms with Crippen LogP contribution in [0.25, 0.3) is 0 Å². The van der Waals surface area contributed by atoms with Crippen molar-refractivity contribution in [3.63, 3.8) is 0 Å². The van der Waals surface area contributed by atoms with Crippen LogP contribution in [0.4, 0.5) is 0 Å². The van der Waals surface area contributed by atoms with Crippen LogP contribution in [0, 0.1) is 0 Å². The molecule has 196 valence electrons. The van der Waals surface area contributed by atoms with Crippen LogP contribution in [0.3, 0.4) is 0 Å². The number of aromatic carboxylic acids is 1. The van der Waals surface area contributed by atoms with Crippen molar-refractivity contribution in [3.05, 3.63) is 82.5 Å². The third kappa shape index (κ3) is 6.58. The first kappa shape index (κ1) is 26.4. The Bertz CT molecular complexity index is 1190. The smallest absolute Gasteiger partial charge is 0.335 e. The van der Waals surface area contributed by atoms with E-state index in [-0.39, 0.29) is 24.1 Å². The normalized spacial score (nSPS) is 17.5. The average Bonchev–Trinajstić information content (AvgIpc) is 3.36. The zero-order chi connectivity index (χ0) is 26.4. The summed E-state index contributed by atoms with van der Waals surface area (Å²) in [7, 11) is 3.25. The van der Waals surface area contributed by atoms with Crippen LogP contribution in [0.15, 0.2) is 65.8 Å². The van der Waals surface area contributed by atoms with Gasteiger partial charge in [-0.1, -0.05) is 23.8 Å². The van der Waals surface area contributed by atoms with Crippen LogP contribution >= 0.6 is 0 Å². The molecular weight excluding hydrogens is 472 g/mol. The number of hydrogen-bond acceptors (Lipinski definition) is 6. The van der Waals surface area contributed by atoms with E-state index in [1.807, 2.05) is 18.2 Å². The molecule has 4 rings (SSSR count). The Morgan fingerprint density at radius 3 is 2.51 bits per heavy atom. The minimum absolute atomic E-state index is 0.0789. The Labute approximate surface area is 217 Å². The van der Waals surface area contributed by atoms with Gasteiger partial charge in [-0.25, -0.2) is 4.79 Å². The van der Waals surface area contributed by atoms with Crippen molar-refractivity contribution in [2.75, 3.05) is 27.3 Å². The molecule has 1 amide bonds.